The van der Waals surface area contributed by atoms with Crippen molar-refractivity contribution in [2.45, 2.75) is 32.0 Å². The predicted molar refractivity (Wildman–Crippen MR) is 59.4 cm³/mol. The highest BCUT2D eigenvalue weighted by atomic mass is 19.4. The molecule has 0 saturated carbocycles. The van der Waals surface area contributed by atoms with Gasteiger partial charge in [-0.3, -0.25) is 0 Å². The summed E-state index contributed by atoms with van der Waals surface area (Å²) in [7, 11) is 0. The third kappa shape index (κ3) is 3.66. The average Bonchev–Trinajstić information content (AvgIpc) is 2.27. The van der Waals surface area contributed by atoms with E-state index in [0.717, 1.165) is 6.07 Å². The van der Waals surface area contributed by atoms with Gasteiger partial charge in [-0.05, 0) is 18.6 Å². The minimum absolute atomic E-state index is 0.0297. The zero-order valence-electron chi connectivity index (χ0n) is 9.38. The molecule has 2 nitrogen and oxygen atoms in total. The second-order valence-electron chi connectivity index (χ2n) is 3.66. The Kier molecular flexibility index (Phi) is 4.38. The monoisotopic (exact) mass is 242 g/mol. The first-order valence-corrected chi connectivity index (χ1v) is 5.28. The third-order valence-corrected chi connectivity index (χ3v) is 2.42. The molecule has 17 heavy (non-hydrogen) atoms. The molecule has 1 aromatic carbocycles. The van der Waals surface area contributed by atoms with Crippen molar-refractivity contribution < 1.29 is 13.2 Å². The lowest BCUT2D eigenvalue weighted by Gasteiger charge is -2.19. The molecular formula is C12H13F3N2. The number of alkyl halides is 3. The van der Waals surface area contributed by atoms with Gasteiger partial charge < -0.3 is 5.32 Å². The molecule has 1 rings (SSSR count). The van der Waals surface area contributed by atoms with E-state index >= 15 is 0 Å². The molecule has 0 fully saturated rings. The minimum atomic E-state index is -4.38. The Bertz CT molecular complexity index is 407. The van der Waals surface area contributed by atoms with Crippen molar-refractivity contribution >= 4 is 5.69 Å². The first-order chi connectivity index (χ1) is 7.99. The molecule has 1 N–H and O–H groups in total. The molecule has 1 atom stereocenters. The first-order valence-electron chi connectivity index (χ1n) is 5.28. The molecule has 0 aliphatic heterocycles. The molecule has 0 bridgehead atoms. The van der Waals surface area contributed by atoms with Gasteiger partial charge in [0.25, 0.3) is 0 Å². The van der Waals surface area contributed by atoms with Crippen molar-refractivity contribution in [3.8, 4) is 6.07 Å². The van der Waals surface area contributed by atoms with Crippen LogP contribution in [0.15, 0.2) is 24.3 Å². The van der Waals surface area contributed by atoms with Crippen LogP contribution in [0.5, 0.6) is 0 Å². The fourth-order valence-electron chi connectivity index (χ4n) is 1.48. The van der Waals surface area contributed by atoms with E-state index in [1.54, 1.807) is 0 Å². The van der Waals surface area contributed by atoms with Crippen molar-refractivity contribution in [2.75, 3.05) is 5.32 Å². The normalized spacial score (nSPS) is 12.9. The largest absolute Gasteiger partial charge is 0.418 e. The Hall–Kier alpha value is -1.70. The van der Waals surface area contributed by atoms with E-state index in [2.05, 4.69) is 5.32 Å². The van der Waals surface area contributed by atoms with Gasteiger partial charge in [-0.2, -0.15) is 18.4 Å². The second-order valence-corrected chi connectivity index (χ2v) is 3.66. The summed E-state index contributed by atoms with van der Waals surface area (Å²) in [6.07, 6.45) is -3.60. The fraction of sp³-hybridized carbons (Fsp3) is 0.417. The van der Waals surface area contributed by atoms with Gasteiger partial charge in [0.05, 0.1) is 18.1 Å². The molecular weight excluding hydrogens is 229 g/mol. The third-order valence-electron chi connectivity index (χ3n) is 2.42. The van der Waals surface area contributed by atoms with Crippen LogP contribution in [-0.4, -0.2) is 6.04 Å². The molecule has 0 radical (unpaired) electrons. The van der Waals surface area contributed by atoms with Gasteiger partial charge in [-0.25, -0.2) is 0 Å². The molecule has 0 aromatic heterocycles. The smallest absolute Gasteiger partial charge is 0.381 e. The maximum Gasteiger partial charge on any atom is 0.418 e. The molecule has 0 spiro atoms. The zero-order chi connectivity index (χ0) is 12.9. The van der Waals surface area contributed by atoms with E-state index in [4.69, 9.17) is 5.26 Å². The number of nitrogens with one attached hydrogen (secondary N) is 1. The maximum absolute atomic E-state index is 12.7. The highest BCUT2D eigenvalue weighted by molar-refractivity contribution is 5.53. The van der Waals surface area contributed by atoms with Gasteiger partial charge in [-0.15, -0.1) is 0 Å². The summed E-state index contributed by atoms with van der Waals surface area (Å²) >= 11 is 0. The van der Waals surface area contributed by atoms with Gasteiger partial charge in [0, 0.05) is 11.7 Å². The van der Waals surface area contributed by atoms with E-state index in [1.165, 1.54) is 18.2 Å². The summed E-state index contributed by atoms with van der Waals surface area (Å²) in [4.78, 5) is 0. The highest BCUT2D eigenvalue weighted by Gasteiger charge is 2.33. The van der Waals surface area contributed by atoms with Crippen LogP contribution >= 0.6 is 0 Å². The van der Waals surface area contributed by atoms with Crippen molar-refractivity contribution in [3.63, 3.8) is 0 Å². The fourth-order valence-corrected chi connectivity index (χ4v) is 1.48. The van der Waals surface area contributed by atoms with Gasteiger partial charge in [-0.1, -0.05) is 19.1 Å². The lowest BCUT2D eigenvalue weighted by Crippen LogP contribution is -2.20. The number of nitriles is 1. The number of para-hydroxylation sites is 1. The number of hydrogen-bond donors (Lipinski definition) is 1. The molecule has 92 valence electrons. The van der Waals surface area contributed by atoms with Crippen LogP contribution in [0, 0.1) is 11.3 Å². The van der Waals surface area contributed by atoms with Crippen molar-refractivity contribution in [1.29, 1.82) is 5.26 Å². The number of benzene rings is 1. The summed E-state index contributed by atoms with van der Waals surface area (Å²) in [6.45, 7) is 1.82. The predicted octanol–water partition coefficient (Wildman–Crippen LogP) is 3.81. The van der Waals surface area contributed by atoms with Crippen LogP contribution in [0.25, 0.3) is 0 Å². The number of rotatable bonds is 4. The van der Waals surface area contributed by atoms with E-state index in [0.29, 0.717) is 6.42 Å². The van der Waals surface area contributed by atoms with Crippen molar-refractivity contribution in [3.05, 3.63) is 29.8 Å². The Morgan fingerprint density at radius 1 is 1.35 bits per heavy atom. The standard InChI is InChI=1S/C12H13F3N2/c1-2-9(7-8-16)17-11-6-4-3-5-10(11)12(13,14)15/h3-6,9,17H,2,7H2,1H3. The quantitative estimate of drug-likeness (QED) is 0.871. The van der Waals surface area contributed by atoms with Crippen molar-refractivity contribution in [1.82, 2.24) is 0 Å². The Morgan fingerprint density at radius 2 is 2.00 bits per heavy atom. The van der Waals surface area contributed by atoms with Crippen LogP contribution in [0.3, 0.4) is 0 Å². The Balaban J connectivity index is 2.95. The second kappa shape index (κ2) is 5.58. The van der Waals surface area contributed by atoms with E-state index < -0.39 is 11.7 Å². The number of anilines is 1. The molecule has 5 heteroatoms. The highest BCUT2D eigenvalue weighted by Crippen LogP contribution is 2.35. The molecule has 0 aliphatic rings. The van der Waals surface area contributed by atoms with Crippen LogP contribution < -0.4 is 5.32 Å². The minimum Gasteiger partial charge on any atom is -0.381 e. The molecule has 1 unspecified atom stereocenters. The molecule has 0 aliphatic carbocycles. The zero-order valence-corrected chi connectivity index (χ0v) is 9.38. The van der Waals surface area contributed by atoms with Gasteiger partial charge >= 0.3 is 6.18 Å². The summed E-state index contributed by atoms with van der Waals surface area (Å²) in [6, 6.07) is 6.98. The summed E-state index contributed by atoms with van der Waals surface area (Å²) in [5, 5.41) is 11.3. The average molecular weight is 242 g/mol. The molecule has 0 amide bonds. The first kappa shape index (κ1) is 13.4. The van der Waals surface area contributed by atoms with Crippen LogP contribution in [-0.2, 0) is 6.18 Å². The van der Waals surface area contributed by atoms with Crippen LogP contribution in [0.2, 0.25) is 0 Å². The molecule has 0 saturated heterocycles. The SMILES string of the molecule is CCC(CC#N)Nc1ccccc1C(F)(F)F. The number of hydrogen-bond acceptors (Lipinski definition) is 2. The van der Waals surface area contributed by atoms with Gasteiger partial charge in [0.1, 0.15) is 0 Å². The van der Waals surface area contributed by atoms with Gasteiger partial charge in [0.15, 0.2) is 0 Å². The number of nitrogens with zero attached hydrogens (tertiary/aromatic N) is 1. The van der Waals surface area contributed by atoms with Gasteiger partial charge in [0.2, 0.25) is 0 Å². The van der Waals surface area contributed by atoms with E-state index in [-0.39, 0.29) is 18.2 Å². The summed E-state index contributed by atoms with van der Waals surface area (Å²) in [5.41, 5.74) is -0.668. The van der Waals surface area contributed by atoms with Crippen LogP contribution in [0.1, 0.15) is 25.3 Å². The van der Waals surface area contributed by atoms with E-state index in [9.17, 15) is 13.2 Å². The molecule has 1 aromatic rings. The topological polar surface area (TPSA) is 35.8 Å². The maximum atomic E-state index is 12.7. The Labute approximate surface area is 98.1 Å². The lowest BCUT2D eigenvalue weighted by molar-refractivity contribution is -0.137. The van der Waals surface area contributed by atoms with Crippen LogP contribution in [0.4, 0.5) is 18.9 Å². The molecule has 0 heterocycles. The lowest BCUT2D eigenvalue weighted by atomic mass is 10.1. The summed E-state index contributed by atoms with van der Waals surface area (Å²) in [5.74, 6) is 0. The van der Waals surface area contributed by atoms with E-state index in [1.807, 2.05) is 13.0 Å². The summed E-state index contributed by atoms with van der Waals surface area (Å²) < 4.78 is 38.1. The number of halogens is 3. The Morgan fingerprint density at radius 3 is 2.53 bits per heavy atom. The van der Waals surface area contributed by atoms with Crippen molar-refractivity contribution in [2.24, 2.45) is 0 Å².